The molecule has 2 heteroatoms. The summed E-state index contributed by atoms with van der Waals surface area (Å²) in [6.07, 6.45) is 6.00. The molecule has 0 atom stereocenters. The van der Waals surface area contributed by atoms with E-state index in [1.54, 1.807) is 0 Å². The molecule has 2 heterocycles. The number of benzene rings is 6. The Balaban J connectivity index is 1.42. The maximum atomic E-state index is 4.82. The SMILES string of the molecule is c1ccc(-c2ccccc2-c2c3c(c(-c4ccccc4-c4ccccn4)c4ccccc24)-c2ccc4c5c(ccc-3c25)CC4)nc1. The van der Waals surface area contributed by atoms with Crippen LogP contribution in [0.2, 0.25) is 0 Å². The number of nitrogens with zero attached hydrogens (tertiary/aromatic N) is 2. The third-order valence-corrected chi connectivity index (χ3v) is 10.0. The summed E-state index contributed by atoms with van der Waals surface area (Å²) in [5.74, 6) is 0. The lowest BCUT2D eigenvalue weighted by Crippen LogP contribution is -1.97. The number of fused-ring (bicyclic) bond motifs is 4. The molecule has 2 aliphatic rings. The number of rotatable bonds is 4. The van der Waals surface area contributed by atoms with Crippen LogP contribution in [0.1, 0.15) is 11.1 Å². The maximum absolute atomic E-state index is 4.82. The molecule has 0 amide bonds. The van der Waals surface area contributed by atoms with Crippen LogP contribution >= 0.6 is 0 Å². The topological polar surface area (TPSA) is 25.8 Å². The maximum Gasteiger partial charge on any atom is 0.0708 e. The highest BCUT2D eigenvalue weighted by Gasteiger charge is 2.33. The van der Waals surface area contributed by atoms with Gasteiger partial charge in [0, 0.05) is 23.5 Å². The van der Waals surface area contributed by atoms with E-state index in [1.807, 2.05) is 24.5 Å². The zero-order valence-electron chi connectivity index (χ0n) is 25.2. The van der Waals surface area contributed by atoms with Gasteiger partial charge < -0.3 is 0 Å². The van der Waals surface area contributed by atoms with Gasteiger partial charge in [0.25, 0.3) is 0 Å². The van der Waals surface area contributed by atoms with Gasteiger partial charge in [-0.2, -0.15) is 0 Å². The molecule has 8 aromatic rings. The molecule has 46 heavy (non-hydrogen) atoms. The molecular formula is C44H28N2. The predicted molar refractivity (Wildman–Crippen MR) is 191 cm³/mol. The lowest BCUT2D eigenvalue weighted by atomic mass is 9.80. The van der Waals surface area contributed by atoms with Gasteiger partial charge in [0.05, 0.1) is 11.4 Å². The van der Waals surface area contributed by atoms with E-state index in [-0.39, 0.29) is 0 Å². The summed E-state index contributed by atoms with van der Waals surface area (Å²) >= 11 is 0. The van der Waals surface area contributed by atoms with Crippen LogP contribution in [0.5, 0.6) is 0 Å². The van der Waals surface area contributed by atoms with Gasteiger partial charge in [0.1, 0.15) is 0 Å². The molecule has 0 radical (unpaired) electrons. The van der Waals surface area contributed by atoms with Crippen LogP contribution in [0.3, 0.4) is 0 Å². The van der Waals surface area contributed by atoms with E-state index < -0.39 is 0 Å². The van der Waals surface area contributed by atoms with Gasteiger partial charge in [0.15, 0.2) is 0 Å². The summed E-state index contributed by atoms with van der Waals surface area (Å²) in [7, 11) is 0. The number of aryl methyl sites for hydroxylation is 2. The van der Waals surface area contributed by atoms with Crippen LogP contribution in [0, 0.1) is 0 Å². The largest absolute Gasteiger partial charge is 0.256 e. The summed E-state index contributed by atoms with van der Waals surface area (Å²) in [5, 5.41) is 5.36. The van der Waals surface area contributed by atoms with E-state index in [0.29, 0.717) is 0 Å². The minimum atomic E-state index is 0.983. The molecule has 0 unspecified atom stereocenters. The van der Waals surface area contributed by atoms with Crippen molar-refractivity contribution in [2.45, 2.75) is 12.8 Å². The van der Waals surface area contributed by atoms with Gasteiger partial charge >= 0.3 is 0 Å². The Labute approximate surface area is 267 Å². The lowest BCUT2D eigenvalue weighted by Gasteiger charge is -2.23. The predicted octanol–water partition coefficient (Wildman–Crippen LogP) is 11.2. The van der Waals surface area contributed by atoms with E-state index in [4.69, 9.17) is 9.97 Å². The summed E-state index contributed by atoms with van der Waals surface area (Å²) in [6, 6.07) is 48.5. The minimum absolute atomic E-state index is 0.983. The van der Waals surface area contributed by atoms with Crippen LogP contribution < -0.4 is 0 Å². The fraction of sp³-hybridized carbons (Fsp3) is 0.0455. The Morgan fingerprint density at radius 3 is 1.22 bits per heavy atom. The van der Waals surface area contributed by atoms with E-state index in [0.717, 1.165) is 35.4 Å². The first kappa shape index (κ1) is 25.5. The number of pyridine rings is 2. The van der Waals surface area contributed by atoms with Gasteiger partial charge in [0.2, 0.25) is 0 Å². The fourth-order valence-corrected chi connectivity index (χ4v) is 8.18. The molecule has 2 aromatic heterocycles. The van der Waals surface area contributed by atoms with E-state index in [1.165, 1.54) is 77.2 Å². The molecule has 10 rings (SSSR count). The third kappa shape index (κ3) is 3.53. The second kappa shape index (κ2) is 9.82. The first-order chi connectivity index (χ1) is 22.9. The Morgan fingerprint density at radius 1 is 0.326 bits per heavy atom. The van der Waals surface area contributed by atoms with Crippen molar-refractivity contribution in [1.82, 2.24) is 9.97 Å². The van der Waals surface area contributed by atoms with E-state index in [9.17, 15) is 0 Å². The molecule has 2 aliphatic carbocycles. The van der Waals surface area contributed by atoms with Crippen molar-refractivity contribution in [1.29, 1.82) is 0 Å². The third-order valence-electron chi connectivity index (χ3n) is 10.0. The second-order valence-electron chi connectivity index (χ2n) is 12.4. The van der Waals surface area contributed by atoms with Gasteiger partial charge in [-0.3, -0.25) is 9.97 Å². The van der Waals surface area contributed by atoms with Crippen molar-refractivity contribution in [3.05, 3.63) is 157 Å². The molecule has 214 valence electrons. The zero-order chi connectivity index (χ0) is 30.2. The summed E-state index contributed by atoms with van der Waals surface area (Å²) in [4.78, 5) is 9.64. The van der Waals surface area contributed by atoms with Crippen molar-refractivity contribution in [3.8, 4) is 67.0 Å². The monoisotopic (exact) mass is 584 g/mol. The summed E-state index contributed by atoms with van der Waals surface area (Å²) in [6.45, 7) is 0. The highest BCUT2D eigenvalue weighted by atomic mass is 14.7. The van der Waals surface area contributed by atoms with Gasteiger partial charge in [-0.15, -0.1) is 0 Å². The Hall–Kier alpha value is -5.86. The van der Waals surface area contributed by atoms with Crippen molar-refractivity contribution < 1.29 is 0 Å². The van der Waals surface area contributed by atoms with Gasteiger partial charge in [-0.05, 0) is 114 Å². The Kier molecular flexibility index (Phi) is 5.44. The van der Waals surface area contributed by atoms with E-state index in [2.05, 4.69) is 121 Å². The first-order valence-electron chi connectivity index (χ1n) is 16.1. The van der Waals surface area contributed by atoms with E-state index >= 15 is 0 Å². The van der Waals surface area contributed by atoms with Crippen LogP contribution in [0.4, 0.5) is 0 Å². The first-order valence-corrected chi connectivity index (χ1v) is 16.1. The van der Waals surface area contributed by atoms with Crippen LogP contribution in [-0.2, 0) is 12.8 Å². The molecule has 0 fully saturated rings. The summed E-state index contributed by atoms with van der Waals surface area (Å²) < 4.78 is 0. The Bertz CT molecular complexity index is 2340. The van der Waals surface area contributed by atoms with Crippen molar-refractivity contribution >= 4 is 21.5 Å². The average molecular weight is 585 g/mol. The molecule has 6 aromatic carbocycles. The molecule has 0 spiro atoms. The summed E-state index contributed by atoms with van der Waals surface area (Å²) in [5.41, 5.74) is 17.5. The normalized spacial score (nSPS) is 12.6. The highest BCUT2D eigenvalue weighted by Crippen LogP contribution is 2.60. The molecule has 2 nitrogen and oxygen atoms in total. The van der Waals surface area contributed by atoms with Gasteiger partial charge in [-0.1, -0.05) is 109 Å². The lowest BCUT2D eigenvalue weighted by molar-refractivity contribution is 1.02. The molecule has 0 saturated carbocycles. The van der Waals surface area contributed by atoms with Gasteiger partial charge in [-0.25, -0.2) is 0 Å². The number of aromatic nitrogens is 2. The van der Waals surface area contributed by atoms with Crippen LogP contribution in [-0.4, -0.2) is 9.97 Å². The highest BCUT2D eigenvalue weighted by molar-refractivity contribution is 6.29. The number of hydrogen-bond acceptors (Lipinski definition) is 2. The van der Waals surface area contributed by atoms with Crippen molar-refractivity contribution in [3.63, 3.8) is 0 Å². The van der Waals surface area contributed by atoms with Crippen molar-refractivity contribution in [2.24, 2.45) is 0 Å². The molecule has 0 saturated heterocycles. The van der Waals surface area contributed by atoms with Crippen LogP contribution in [0.25, 0.3) is 88.6 Å². The molecule has 0 bridgehead atoms. The number of hydrogen-bond donors (Lipinski definition) is 0. The average Bonchev–Trinajstić information content (AvgIpc) is 3.70. The van der Waals surface area contributed by atoms with Crippen LogP contribution in [0.15, 0.2) is 146 Å². The quantitative estimate of drug-likeness (QED) is 0.206. The standard InChI is InChI=1S/C44H28N2/c1-3-13-31(29(11-1)37-17-7-9-25-45-37)40-33-15-5-6-16-34(33)41(32-14-4-2-12-30(32)38-18-8-10-26-46-38)44-36-24-22-28-20-19-27-21-23-35(43(40)44)42(36)39(27)28/h1-18,21-26H,19-20H2. The Morgan fingerprint density at radius 2 is 0.761 bits per heavy atom. The molecule has 0 aliphatic heterocycles. The fourth-order valence-electron chi connectivity index (χ4n) is 8.18. The second-order valence-corrected chi connectivity index (χ2v) is 12.4. The molecular weight excluding hydrogens is 556 g/mol. The molecule has 0 N–H and O–H groups in total. The minimum Gasteiger partial charge on any atom is -0.256 e. The zero-order valence-corrected chi connectivity index (χ0v) is 25.2. The van der Waals surface area contributed by atoms with Crippen molar-refractivity contribution in [2.75, 3.05) is 0 Å². The smallest absolute Gasteiger partial charge is 0.0708 e.